The summed E-state index contributed by atoms with van der Waals surface area (Å²) in [4.78, 5) is 11.4. The van der Waals surface area contributed by atoms with Crippen molar-refractivity contribution in [2.24, 2.45) is 0 Å². The van der Waals surface area contributed by atoms with Gasteiger partial charge in [0.25, 0.3) is 0 Å². The fourth-order valence-electron chi connectivity index (χ4n) is 1.62. The number of nitrogens with zero attached hydrogens (tertiary/aromatic N) is 2. The van der Waals surface area contributed by atoms with Crippen molar-refractivity contribution in [1.29, 1.82) is 5.26 Å². The fraction of sp³-hybridized carbons (Fsp3) is 0.0769. The van der Waals surface area contributed by atoms with Crippen LogP contribution in [0.25, 0.3) is 5.69 Å². The zero-order chi connectivity index (χ0) is 12.4. The van der Waals surface area contributed by atoms with E-state index in [4.69, 9.17) is 5.26 Å². The predicted octanol–water partition coefficient (Wildman–Crippen LogP) is 2.16. The summed E-state index contributed by atoms with van der Waals surface area (Å²) in [7, 11) is 0. The van der Waals surface area contributed by atoms with E-state index in [1.165, 1.54) is 22.9 Å². The van der Waals surface area contributed by atoms with E-state index < -0.39 is 5.82 Å². The zero-order valence-electron chi connectivity index (χ0n) is 9.14. The first-order chi connectivity index (χ1) is 8.13. The highest BCUT2D eigenvalue weighted by Crippen LogP contribution is 2.14. The standard InChI is InChI=1S/C13H9FN2O/c1-9-6-13(17)10(7-15)8-16(9)12-5-3-2-4-11(12)14/h2-6,8H,1H3. The first-order valence-electron chi connectivity index (χ1n) is 5.02. The maximum Gasteiger partial charge on any atom is 0.199 e. The maximum absolute atomic E-state index is 13.6. The molecule has 1 heterocycles. The summed E-state index contributed by atoms with van der Waals surface area (Å²) in [6.45, 7) is 1.69. The average molecular weight is 228 g/mol. The molecule has 1 aromatic heterocycles. The molecule has 0 bridgehead atoms. The molecule has 0 spiro atoms. The van der Waals surface area contributed by atoms with Crippen LogP contribution in [0.5, 0.6) is 0 Å². The van der Waals surface area contributed by atoms with Gasteiger partial charge in [0.15, 0.2) is 5.43 Å². The van der Waals surface area contributed by atoms with Crippen molar-refractivity contribution in [2.75, 3.05) is 0 Å². The summed E-state index contributed by atoms with van der Waals surface area (Å²) in [6, 6.07) is 9.33. The maximum atomic E-state index is 13.6. The molecule has 0 aliphatic rings. The minimum Gasteiger partial charge on any atom is -0.317 e. The van der Waals surface area contributed by atoms with Gasteiger partial charge < -0.3 is 4.57 Å². The Labute approximate surface area is 97.4 Å². The highest BCUT2D eigenvalue weighted by molar-refractivity contribution is 5.39. The molecule has 0 aliphatic heterocycles. The van der Waals surface area contributed by atoms with Crippen molar-refractivity contribution >= 4 is 0 Å². The van der Waals surface area contributed by atoms with Gasteiger partial charge in [0, 0.05) is 18.0 Å². The minimum atomic E-state index is -0.400. The summed E-state index contributed by atoms with van der Waals surface area (Å²) in [5.41, 5.74) is 0.553. The van der Waals surface area contributed by atoms with Crippen molar-refractivity contribution in [3.8, 4) is 11.8 Å². The molecule has 0 aliphatic carbocycles. The summed E-state index contributed by atoms with van der Waals surface area (Å²) in [6.07, 6.45) is 1.36. The second kappa shape index (κ2) is 4.22. The Balaban J connectivity index is 2.73. The molecule has 0 atom stereocenters. The zero-order valence-corrected chi connectivity index (χ0v) is 9.14. The number of para-hydroxylation sites is 1. The summed E-state index contributed by atoms with van der Waals surface area (Å²) >= 11 is 0. The normalized spacial score (nSPS) is 9.94. The van der Waals surface area contributed by atoms with E-state index in [1.54, 1.807) is 31.2 Å². The summed E-state index contributed by atoms with van der Waals surface area (Å²) in [5.74, 6) is -0.400. The van der Waals surface area contributed by atoms with Gasteiger partial charge in [-0.1, -0.05) is 12.1 Å². The molecular weight excluding hydrogens is 219 g/mol. The number of benzene rings is 1. The van der Waals surface area contributed by atoms with Crippen LogP contribution in [0, 0.1) is 24.1 Å². The third-order valence-electron chi connectivity index (χ3n) is 2.48. The van der Waals surface area contributed by atoms with Crippen molar-refractivity contribution in [2.45, 2.75) is 6.92 Å². The SMILES string of the molecule is Cc1cc(=O)c(C#N)cn1-c1ccccc1F. The number of pyridine rings is 1. The quantitative estimate of drug-likeness (QED) is 0.750. The van der Waals surface area contributed by atoms with Crippen molar-refractivity contribution in [1.82, 2.24) is 4.57 Å². The second-order valence-corrected chi connectivity index (χ2v) is 3.63. The van der Waals surface area contributed by atoms with Crippen LogP contribution in [-0.2, 0) is 0 Å². The molecule has 0 radical (unpaired) electrons. The molecule has 84 valence electrons. The largest absolute Gasteiger partial charge is 0.317 e. The van der Waals surface area contributed by atoms with E-state index in [0.717, 1.165) is 0 Å². The highest BCUT2D eigenvalue weighted by Gasteiger charge is 2.08. The molecule has 0 fully saturated rings. The molecule has 2 aromatic rings. The van der Waals surface area contributed by atoms with Gasteiger partial charge in [-0.25, -0.2) is 4.39 Å². The van der Waals surface area contributed by atoms with Gasteiger partial charge in [-0.05, 0) is 19.1 Å². The van der Waals surface area contributed by atoms with Gasteiger partial charge >= 0.3 is 0 Å². The van der Waals surface area contributed by atoms with E-state index >= 15 is 0 Å². The Morgan fingerprint density at radius 2 is 2.06 bits per heavy atom. The van der Waals surface area contributed by atoms with Gasteiger partial charge in [0.05, 0.1) is 5.69 Å². The highest BCUT2D eigenvalue weighted by atomic mass is 19.1. The summed E-state index contributed by atoms with van der Waals surface area (Å²) in [5, 5.41) is 8.79. The molecule has 0 saturated heterocycles. The van der Waals surface area contributed by atoms with Crippen LogP contribution in [-0.4, -0.2) is 4.57 Å². The molecular formula is C13H9FN2O. The van der Waals surface area contributed by atoms with Crippen LogP contribution >= 0.6 is 0 Å². The lowest BCUT2D eigenvalue weighted by Crippen LogP contribution is -2.12. The third-order valence-corrected chi connectivity index (χ3v) is 2.48. The average Bonchev–Trinajstić information content (AvgIpc) is 2.31. The van der Waals surface area contributed by atoms with Crippen LogP contribution in [0.3, 0.4) is 0 Å². The number of hydrogen-bond acceptors (Lipinski definition) is 2. The van der Waals surface area contributed by atoms with E-state index in [-0.39, 0.29) is 11.0 Å². The molecule has 2 rings (SSSR count). The lowest BCUT2D eigenvalue weighted by atomic mass is 10.2. The summed E-state index contributed by atoms with van der Waals surface area (Å²) < 4.78 is 15.1. The molecule has 0 amide bonds. The van der Waals surface area contributed by atoms with Gasteiger partial charge in [0.2, 0.25) is 0 Å². The smallest absolute Gasteiger partial charge is 0.199 e. The lowest BCUT2D eigenvalue weighted by Gasteiger charge is -2.11. The fourth-order valence-corrected chi connectivity index (χ4v) is 1.62. The Kier molecular flexibility index (Phi) is 2.75. The number of halogens is 1. The van der Waals surface area contributed by atoms with Crippen LogP contribution in [0.4, 0.5) is 4.39 Å². The van der Waals surface area contributed by atoms with Gasteiger partial charge in [0.1, 0.15) is 17.4 Å². The number of aromatic nitrogens is 1. The second-order valence-electron chi connectivity index (χ2n) is 3.63. The van der Waals surface area contributed by atoms with Crippen LogP contribution in [0.1, 0.15) is 11.3 Å². The van der Waals surface area contributed by atoms with Crippen LogP contribution < -0.4 is 5.43 Å². The van der Waals surface area contributed by atoms with Crippen molar-refractivity contribution < 1.29 is 4.39 Å². The first kappa shape index (κ1) is 11.1. The van der Waals surface area contributed by atoms with Crippen molar-refractivity contribution in [3.05, 3.63) is 63.8 Å². The molecule has 0 saturated carbocycles. The monoisotopic (exact) mass is 228 g/mol. The van der Waals surface area contributed by atoms with E-state index in [1.807, 2.05) is 0 Å². The van der Waals surface area contributed by atoms with Crippen molar-refractivity contribution in [3.63, 3.8) is 0 Å². The molecule has 0 unspecified atom stereocenters. The molecule has 17 heavy (non-hydrogen) atoms. The van der Waals surface area contributed by atoms with E-state index in [9.17, 15) is 9.18 Å². The first-order valence-corrected chi connectivity index (χ1v) is 5.02. The van der Waals surface area contributed by atoms with Crippen LogP contribution in [0.2, 0.25) is 0 Å². The van der Waals surface area contributed by atoms with Gasteiger partial charge in [-0.2, -0.15) is 5.26 Å². The Morgan fingerprint density at radius 3 is 2.71 bits per heavy atom. The van der Waals surface area contributed by atoms with Gasteiger partial charge in [-0.3, -0.25) is 4.79 Å². The number of hydrogen-bond donors (Lipinski definition) is 0. The minimum absolute atomic E-state index is 0.00106. The number of nitriles is 1. The van der Waals surface area contributed by atoms with E-state index in [0.29, 0.717) is 11.4 Å². The Bertz CT molecular complexity index is 668. The lowest BCUT2D eigenvalue weighted by molar-refractivity contribution is 0.616. The Hall–Kier alpha value is -2.41. The predicted molar refractivity (Wildman–Crippen MR) is 61.4 cm³/mol. The molecule has 3 nitrogen and oxygen atoms in total. The van der Waals surface area contributed by atoms with Crippen LogP contribution in [0.15, 0.2) is 41.3 Å². The number of rotatable bonds is 1. The van der Waals surface area contributed by atoms with E-state index in [2.05, 4.69) is 0 Å². The number of aryl methyl sites for hydroxylation is 1. The topological polar surface area (TPSA) is 45.8 Å². The Morgan fingerprint density at radius 1 is 1.35 bits per heavy atom. The third kappa shape index (κ3) is 1.95. The molecule has 1 aromatic carbocycles. The molecule has 4 heteroatoms. The molecule has 0 N–H and O–H groups in total. The van der Waals surface area contributed by atoms with Gasteiger partial charge in [-0.15, -0.1) is 0 Å².